The quantitative estimate of drug-likeness (QED) is 0.756. The second kappa shape index (κ2) is 4.89. The van der Waals surface area contributed by atoms with Crippen LogP contribution in [0.3, 0.4) is 0 Å². The van der Waals surface area contributed by atoms with Gasteiger partial charge in [-0.3, -0.25) is 0 Å². The van der Waals surface area contributed by atoms with Crippen molar-refractivity contribution in [3.8, 4) is 22.6 Å². The van der Waals surface area contributed by atoms with Crippen molar-refractivity contribution in [2.45, 2.75) is 6.42 Å². The normalized spacial score (nSPS) is 10.4. The van der Waals surface area contributed by atoms with Crippen LogP contribution in [0, 0.1) is 0 Å². The molecule has 3 nitrogen and oxygen atoms in total. The number of phenols is 2. The van der Waals surface area contributed by atoms with E-state index in [-0.39, 0.29) is 11.5 Å². The molecule has 0 bridgehead atoms. The summed E-state index contributed by atoms with van der Waals surface area (Å²) in [5.74, 6) is 0.496. The van der Waals surface area contributed by atoms with Crippen LogP contribution in [0.25, 0.3) is 11.1 Å². The maximum absolute atomic E-state index is 9.66. The molecule has 0 unspecified atom stereocenters. The third kappa shape index (κ3) is 2.57. The van der Waals surface area contributed by atoms with Crippen molar-refractivity contribution in [3.63, 3.8) is 0 Å². The number of phenolic OH excluding ortho intramolecular Hbond substituents is 2. The van der Waals surface area contributed by atoms with Crippen molar-refractivity contribution in [1.29, 1.82) is 0 Å². The highest BCUT2D eigenvalue weighted by Gasteiger charge is 2.04. The summed E-state index contributed by atoms with van der Waals surface area (Å²) in [6, 6.07) is 12.4. The Kier molecular flexibility index (Phi) is 3.30. The summed E-state index contributed by atoms with van der Waals surface area (Å²) >= 11 is 0. The standard InChI is InChI=1S/C14H15NO2/c15-7-6-12-8-11(4-5-14(12)17)10-2-1-3-13(16)9-10/h1-5,8-9,16-17H,6-7,15H2. The predicted molar refractivity (Wildman–Crippen MR) is 68.0 cm³/mol. The Morgan fingerprint density at radius 1 is 0.941 bits per heavy atom. The Bertz CT molecular complexity index is 523. The molecule has 0 aliphatic rings. The van der Waals surface area contributed by atoms with E-state index in [4.69, 9.17) is 5.73 Å². The number of hydrogen-bond acceptors (Lipinski definition) is 3. The van der Waals surface area contributed by atoms with E-state index in [0.29, 0.717) is 13.0 Å². The van der Waals surface area contributed by atoms with Crippen LogP contribution in [-0.4, -0.2) is 16.8 Å². The van der Waals surface area contributed by atoms with Gasteiger partial charge >= 0.3 is 0 Å². The van der Waals surface area contributed by atoms with Crippen LogP contribution in [0.5, 0.6) is 11.5 Å². The van der Waals surface area contributed by atoms with Crippen molar-refractivity contribution < 1.29 is 10.2 Å². The first-order valence-corrected chi connectivity index (χ1v) is 5.52. The van der Waals surface area contributed by atoms with Crippen molar-refractivity contribution >= 4 is 0 Å². The summed E-state index contributed by atoms with van der Waals surface area (Å²) in [5.41, 5.74) is 8.20. The van der Waals surface area contributed by atoms with E-state index in [1.807, 2.05) is 18.2 Å². The molecule has 0 aliphatic carbocycles. The number of benzene rings is 2. The minimum absolute atomic E-state index is 0.232. The van der Waals surface area contributed by atoms with Gasteiger partial charge in [0.2, 0.25) is 0 Å². The number of aromatic hydroxyl groups is 2. The third-order valence-corrected chi connectivity index (χ3v) is 2.67. The summed E-state index contributed by atoms with van der Waals surface area (Å²) in [4.78, 5) is 0. The van der Waals surface area contributed by atoms with Gasteiger partial charge in [0.1, 0.15) is 11.5 Å². The predicted octanol–water partition coefficient (Wildman–Crippen LogP) is 2.27. The molecule has 0 atom stereocenters. The molecule has 0 heterocycles. The zero-order valence-corrected chi connectivity index (χ0v) is 9.43. The van der Waals surface area contributed by atoms with Gasteiger partial charge in [0.25, 0.3) is 0 Å². The Balaban J connectivity index is 2.42. The van der Waals surface area contributed by atoms with E-state index in [1.54, 1.807) is 24.3 Å². The van der Waals surface area contributed by atoms with Crippen molar-refractivity contribution in [2.75, 3.05) is 6.54 Å². The van der Waals surface area contributed by atoms with Crippen LogP contribution in [0.15, 0.2) is 42.5 Å². The van der Waals surface area contributed by atoms with Gasteiger partial charge in [-0.25, -0.2) is 0 Å². The lowest BCUT2D eigenvalue weighted by Crippen LogP contribution is -2.02. The molecule has 0 fully saturated rings. The molecule has 0 spiro atoms. The smallest absolute Gasteiger partial charge is 0.118 e. The summed E-state index contributed by atoms with van der Waals surface area (Å²) in [7, 11) is 0. The molecule has 17 heavy (non-hydrogen) atoms. The molecule has 0 amide bonds. The lowest BCUT2D eigenvalue weighted by Gasteiger charge is -2.07. The molecule has 3 heteroatoms. The van der Waals surface area contributed by atoms with E-state index in [9.17, 15) is 10.2 Å². The Morgan fingerprint density at radius 2 is 1.71 bits per heavy atom. The molecule has 2 aromatic carbocycles. The van der Waals surface area contributed by atoms with Crippen molar-refractivity contribution in [3.05, 3.63) is 48.0 Å². The molecule has 0 saturated carbocycles. The first-order valence-electron chi connectivity index (χ1n) is 5.52. The zero-order valence-electron chi connectivity index (χ0n) is 9.43. The first kappa shape index (κ1) is 11.5. The monoisotopic (exact) mass is 229 g/mol. The molecular weight excluding hydrogens is 214 g/mol. The summed E-state index contributed by atoms with van der Waals surface area (Å²) in [6.45, 7) is 0.497. The first-order chi connectivity index (χ1) is 8.20. The van der Waals surface area contributed by atoms with Gasteiger partial charge in [0, 0.05) is 0 Å². The van der Waals surface area contributed by atoms with E-state index >= 15 is 0 Å². The largest absolute Gasteiger partial charge is 0.508 e. The number of nitrogens with two attached hydrogens (primary N) is 1. The summed E-state index contributed by atoms with van der Waals surface area (Å²) < 4.78 is 0. The van der Waals surface area contributed by atoms with Crippen LogP contribution in [0.4, 0.5) is 0 Å². The minimum Gasteiger partial charge on any atom is -0.508 e. The van der Waals surface area contributed by atoms with Gasteiger partial charge in [-0.05, 0) is 53.9 Å². The molecule has 4 N–H and O–H groups in total. The maximum atomic E-state index is 9.66. The van der Waals surface area contributed by atoms with Crippen LogP contribution >= 0.6 is 0 Å². The molecule has 0 aromatic heterocycles. The van der Waals surface area contributed by atoms with E-state index < -0.39 is 0 Å². The maximum Gasteiger partial charge on any atom is 0.118 e. The van der Waals surface area contributed by atoms with Crippen LogP contribution < -0.4 is 5.73 Å². The molecular formula is C14H15NO2. The fraction of sp³-hybridized carbons (Fsp3) is 0.143. The lowest BCUT2D eigenvalue weighted by atomic mass is 10.0. The molecule has 0 radical (unpaired) electrons. The summed E-state index contributed by atoms with van der Waals surface area (Å²) in [6.07, 6.45) is 0.637. The van der Waals surface area contributed by atoms with Gasteiger partial charge in [-0.1, -0.05) is 18.2 Å². The molecule has 0 saturated heterocycles. The summed E-state index contributed by atoms with van der Waals surface area (Å²) in [5, 5.41) is 19.1. The fourth-order valence-electron chi connectivity index (χ4n) is 1.81. The number of rotatable bonds is 3. The Labute approximate surface area is 100 Å². The highest BCUT2D eigenvalue weighted by atomic mass is 16.3. The minimum atomic E-state index is 0.232. The average molecular weight is 229 g/mol. The SMILES string of the molecule is NCCc1cc(-c2cccc(O)c2)ccc1O. The lowest BCUT2D eigenvalue weighted by molar-refractivity contribution is 0.468. The van der Waals surface area contributed by atoms with Gasteiger partial charge in [0.15, 0.2) is 0 Å². The van der Waals surface area contributed by atoms with Crippen molar-refractivity contribution in [2.24, 2.45) is 5.73 Å². The van der Waals surface area contributed by atoms with Gasteiger partial charge in [0.05, 0.1) is 0 Å². The van der Waals surface area contributed by atoms with Crippen LogP contribution in [0.1, 0.15) is 5.56 Å². The second-order valence-corrected chi connectivity index (χ2v) is 3.93. The highest BCUT2D eigenvalue weighted by molar-refractivity contribution is 5.67. The van der Waals surface area contributed by atoms with Gasteiger partial charge in [-0.2, -0.15) is 0 Å². The number of hydrogen-bond donors (Lipinski definition) is 3. The zero-order chi connectivity index (χ0) is 12.3. The Hall–Kier alpha value is -2.00. The second-order valence-electron chi connectivity index (χ2n) is 3.93. The fourth-order valence-corrected chi connectivity index (χ4v) is 1.81. The van der Waals surface area contributed by atoms with E-state index in [2.05, 4.69) is 0 Å². The third-order valence-electron chi connectivity index (χ3n) is 2.67. The van der Waals surface area contributed by atoms with Gasteiger partial charge < -0.3 is 15.9 Å². The van der Waals surface area contributed by atoms with E-state index in [1.165, 1.54) is 0 Å². The highest BCUT2D eigenvalue weighted by Crippen LogP contribution is 2.27. The van der Waals surface area contributed by atoms with Crippen molar-refractivity contribution in [1.82, 2.24) is 0 Å². The van der Waals surface area contributed by atoms with Crippen LogP contribution in [-0.2, 0) is 6.42 Å². The van der Waals surface area contributed by atoms with Gasteiger partial charge in [-0.15, -0.1) is 0 Å². The molecule has 2 aromatic rings. The Morgan fingerprint density at radius 3 is 2.41 bits per heavy atom. The molecule has 88 valence electrons. The topological polar surface area (TPSA) is 66.5 Å². The average Bonchev–Trinajstić information content (AvgIpc) is 2.32. The molecule has 2 rings (SSSR count). The van der Waals surface area contributed by atoms with E-state index in [0.717, 1.165) is 16.7 Å². The molecule has 0 aliphatic heterocycles. The van der Waals surface area contributed by atoms with Crippen LogP contribution in [0.2, 0.25) is 0 Å².